The van der Waals surface area contributed by atoms with E-state index in [0.29, 0.717) is 24.3 Å². The van der Waals surface area contributed by atoms with E-state index in [1.807, 2.05) is 16.7 Å². The molecule has 0 aliphatic carbocycles. The van der Waals surface area contributed by atoms with Crippen LogP contribution in [0.3, 0.4) is 0 Å². The minimum absolute atomic E-state index is 0.0759. The SMILES string of the molecule is NC(=O)c1ccc2cc3n(c2c1)CCNC3=O. The molecule has 0 fully saturated rings. The lowest BCUT2D eigenvalue weighted by atomic mass is 10.1. The van der Waals surface area contributed by atoms with Gasteiger partial charge in [0.1, 0.15) is 5.69 Å². The summed E-state index contributed by atoms with van der Waals surface area (Å²) in [5.41, 5.74) is 7.22. The summed E-state index contributed by atoms with van der Waals surface area (Å²) < 4.78 is 1.92. The van der Waals surface area contributed by atoms with Gasteiger partial charge >= 0.3 is 0 Å². The maximum Gasteiger partial charge on any atom is 0.268 e. The zero-order valence-corrected chi connectivity index (χ0v) is 9.06. The summed E-state index contributed by atoms with van der Waals surface area (Å²) in [7, 11) is 0. The minimum atomic E-state index is -0.456. The molecule has 1 aromatic carbocycles. The van der Waals surface area contributed by atoms with Gasteiger partial charge in [-0.1, -0.05) is 6.07 Å². The number of amides is 2. The monoisotopic (exact) mass is 229 g/mol. The molecule has 2 amide bonds. The molecule has 0 atom stereocenters. The molecule has 3 N–H and O–H groups in total. The third kappa shape index (κ3) is 1.39. The predicted octanol–water partition coefficient (Wildman–Crippen LogP) is 0.484. The molecule has 2 heterocycles. The van der Waals surface area contributed by atoms with Gasteiger partial charge in [0, 0.05) is 29.6 Å². The number of nitrogens with one attached hydrogen (secondary N) is 1. The number of hydrogen-bond acceptors (Lipinski definition) is 2. The zero-order chi connectivity index (χ0) is 12.0. The Labute approximate surface area is 97.2 Å². The average molecular weight is 229 g/mol. The molecule has 5 heteroatoms. The molecule has 1 aliphatic rings. The van der Waals surface area contributed by atoms with Crippen molar-refractivity contribution in [3.63, 3.8) is 0 Å². The van der Waals surface area contributed by atoms with E-state index >= 15 is 0 Å². The smallest absolute Gasteiger partial charge is 0.268 e. The van der Waals surface area contributed by atoms with E-state index in [9.17, 15) is 9.59 Å². The normalized spacial score (nSPS) is 14.5. The van der Waals surface area contributed by atoms with Gasteiger partial charge in [-0.15, -0.1) is 0 Å². The minimum Gasteiger partial charge on any atom is -0.366 e. The number of fused-ring (bicyclic) bond motifs is 3. The number of nitrogens with two attached hydrogens (primary N) is 1. The molecule has 86 valence electrons. The molecule has 3 rings (SSSR count). The van der Waals surface area contributed by atoms with E-state index in [-0.39, 0.29) is 5.91 Å². The molecular weight excluding hydrogens is 218 g/mol. The fourth-order valence-corrected chi connectivity index (χ4v) is 2.21. The Morgan fingerprint density at radius 2 is 2.18 bits per heavy atom. The van der Waals surface area contributed by atoms with Crippen molar-refractivity contribution >= 4 is 22.7 Å². The molecule has 1 aliphatic heterocycles. The molecule has 5 nitrogen and oxygen atoms in total. The first-order chi connectivity index (χ1) is 8.16. The number of rotatable bonds is 1. The van der Waals surface area contributed by atoms with Crippen LogP contribution in [0.15, 0.2) is 24.3 Å². The highest BCUT2D eigenvalue weighted by Crippen LogP contribution is 2.22. The number of primary amides is 1. The van der Waals surface area contributed by atoms with Gasteiger partial charge in [-0.3, -0.25) is 9.59 Å². The summed E-state index contributed by atoms with van der Waals surface area (Å²) >= 11 is 0. The van der Waals surface area contributed by atoms with Crippen LogP contribution in [0.4, 0.5) is 0 Å². The molecular formula is C12H11N3O2. The highest BCUT2D eigenvalue weighted by Gasteiger charge is 2.19. The largest absolute Gasteiger partial charge is 0.366 e. The van der Waals surface area contributed by atoms with Gasteiger partial charge in [0.15, 0.2) is 0 Å². The Hall–Kier alpha value is -2.30. The van der Waals surface area contributed by atoms with Crippen LogP contribution < -0.4 is 11.1 Å². The van der Waals surface area contributed by atoms with Gasteiger partial charge < -0.3 is 15.6 Å². The standard InChI is InChI=1S/C12H11N3O2/c13-11(16)8-2-1-7-5-10-12(17)14-3-4-15(10)9(7)6-8/h1-2,5-6H,3-4H2,(H2,13,16)(H,14,17). The topological polar surface area (TPSA) is 77.1 Å². The van der Waals surface area contributed by atoms with E-state index < -0.39 is 5.91 Å². The summed E-state index contributed by atoms with van der Waals surface area (Å²) in [6.07, 6.45) is 0. The van der Waals surface area contributed by atoms with E-state index in [4.69, 9.17) is 5.73 Å². The summed E-state index contributed by atoms with van der Waals surface area (Å²) in [6.45, 7) is 1.32. The number of aromatic nitrogens is 1. The number of carbonyl (C=O) groups is 2. The van der Waals surface area contributed by atoms with E-state index in [1.165, 1.54) is 0 Å². The Balaban J connectivity index is 2.29. The molecule has 0 saturated heterocycles. The fourth-order valence-electron chi connectivity index (χ4n) is 2.21. The maximum atomic E-state index is 11.7. The summed E-state index contributed by atoms with van der Waals surface area (Å²) in [6, 6.07) is 7.05. The van der Waals surface area contributed by atoms with Gasteiger partial charge in [0.25, 0.3) is 5.91 Å². The van der Waals surface area contributed by atoms with Crippen LogP contribution in [0.1, 0.15) is 20.8 Å². The second-order valence-corrected chi connectivity index (χ2v) is 4.07. The van der Waals surface area contributed by atoms with E-state index in [0.717, 1.165) is 10.9 Å². The number of hydrogen-bond donors (Lipinski definition) is 2. The van der Waals surface area contributed by atoms with E-state index in [1.54, 1.807) is 12.1 Å². The van der Waals surface area contributed by atoms with Crippen molar-refractivity contribution in [3.05, 3.63) is 35.5 Å². The molecule has 1 aromatic heterocycles. The van der Waals surface area contributed by atoms with Gasteiger partial charge in [0.2, 0.25) is 5.91 Å². The van der Waals surface area contributed by atoms with Crippen molar-refractivity contribution in [2.45, 2.75) is 6.54 Å². The average Bonchev–Trinajstić information content (AvgIpc) is 2.68. The van der Waals surface area contributed by atoms with Crippen LogP contribution in [0.25, 0.3) is 10.9 Å². The lowest BCUT2D eigenvalue weighted by Crippen LogP contribution is -2.34. The van der Waals surface area contributed by atoms with Crippen molar-refractivity contribution in [1.82, 2.24) is 9.88 Å². The summed E-state index contributed by atoms with van der Waals surface area (Å²) in [5, 5.41) is 3.73. The first-order valence-corrected chi connectivity index (χ1v) is 5.38. The van der Waals surface area contributed by atoms with Gasteiger partial charge in [0.05, 0.1) is 0 Å². The molecule has 0 bridgehead atoms. The van der Waals surface area contributed by atoms with Crippen molar-refractivity contribution in [1.29, 1.82) is 0 Å². The van der Waals surface area contributed by atoms with Crippen molar-refractivity contribution < 1.29 is 9.59 Å². The Kier molecular flexibility index (Phi) is 1.95. The molecule has 0 spiro atoms. The molecule has 0 saturated carbocycles. The van der Waals surface area contributed by atoms with Crippen LogP contribution in [-0.4, -0.2) is 22.9 Å². The molecule has 2 aromatic rings. The van der Waals surface area contributed by atoms with Crippen LogP contribution in [0, 0.1) is 0 Å². The van der Waals surface area contributed by atoms with Gasteiger partial charge in [-0.25, -0.2) is 0 Å². The number of benzene rings is 1. The predicted molar refractivity (Wildman–Crippen MR) is 62.8 cm³/mol. The fraction of sp³-hybridized carbons (Fsp3) is 0.167. The lowest BCUT2D eigenvalue weighted by Gasteiger charge is -2.16. The molecule has 0 unspecified atom stereocenters. The van der Waals surface area contributed by atoms with Crippen molar-refractivity contribution in [3.8, 4) is 0 Å². The summed E-state index contributed by atoms with van der Waals surface area (Å²) in [5.74, 6) is -0.532. The van der Waals surface area contributed by atoms with Crippen LogP contribution in [0.2, 0.25) is 0 Å². The summed E-state index contributed by atoms with van der Waals surface area (Å²) in [4.78, 5) is 22.8. The zero-order valence-electron chi connectivity index (χ0n) is 9.06. The third-order valence-corrected chi connectivity index (χ3v) is 3.04. The van der Waals surface area contributed by atoms with Crippen molar-refractivity contribution in [2.24, 2.45) is 5.73 Å². The second-order valence-electron chi connectivity index (χ2n) is 4.07. The third-order valence-electron chi connectivity index (χ3n) is 3.04. The van der Waals surface area contributed by atoms with Gasteiger partial charge in [-0.05, 0) is 18.2 Å². The van der Waals surface area contributed by atoms with Crippen LogP contribution in [-0.2, 0) is 6.54 Å². The Morgan fingerprint density at radius 3 is 2.94 bits per heavy atom. The van der Waals surface area contributed by atoms with Crippen LogP contribution >= 0.6 is 0 Å². The number of nitrogens with zero attached hydrogens (tertiary/aromatic N) is 1. The first-order valence-electron chi connectivity index (χ1n) is 5.38. The van der Waals surface area contributed by atoms with Crippen molar-refractivity contribution in [2.75, 3.05) is 6.54 Å². The number of carbonyl (C=O) groups excluding carboxylic acids is 2. The Morgan fingerprint density at radius 1 is 1.35 bits per heavy atom. The lowest BCUT2D eigenvalue weighted by molar-refractivity contribution is 0.0928. The molecule has 0 radical (unpaired) electrons. The first kappa shape index (κ1) is 9.89. The van der Waals surface area contributed by atoms with E-state index in [2.05, 4.69) is 5.32 Å². The van der Waals surface area contributed by atoms with Gasteiger partial charge in [-0.2, -0.15) is 0 Å². The molecule has 17 heavy (non-hydrogen) atoms. The second kappa shape index (κ2) is 3.35. The highest BCUT2D eigenvalue weighted by atomic mass is 16.2. The Bertz CT molecular complexity index is 642. The quantitative estimate of drug-likeness (QED) is 0.746. The van der Waals surface area contributed by atoms with Crippen LogP contribution in [0.5, 0.6) is 0 Å². The maximum absolute atomic E-state index is 11.7. The highest BCUT2D eigenvalue weighted by molar-refractivity contribution is 6.02.